The van der Waals surface area contributed by atoms with E-state index in [9.17, 15) is 14.7 Å². The van der Waals surface area contributed by atoms with Gasteiger partial charge in [0.05, 0.1) is 32.2 Å². The minimum atomic E-state index is -0.797. The van der Waals surface area contributed by atoms with Gasteiger partial charge < -0.3 is 14.3 Å². The fourth-order valence-corrected chi connectivity index (χ4v) is 4.46. The van der Waals surface area contributed by atoms with Crippen molar-refractivity contribution in [3.8, 4) is 5.75 Å². The Morgan fingerprint density at radius 3 is 2.91 bits per heavy atom. The van der Waals surface area contributed by atoms with E-state index >= 15 is 0 Å². The van der Waals surface area contributed by atoms with Gasteiger partial charge in [-0.25, -0.2) is 9.50 Å². The van der Waals surface area contributed by atoms with Crippen molar-refractivity contribution in [3.63, 3.8) is 0 Å². The lowest BCUT2D eigenvalue weighted by Crippen LogP contribution is -2.30. The van der Waals surface area contributed by atoms with Gasteiger partial charge in [0.15, 0.2) is 11.4 Å². The molecule has 0 radical (unpaired) electrons. The van der Waals surface area contributed by atoms with Crippen molar-refractivity contribution in [2.75, 3.05) is 13.7 Å². The number of carbonyl (C=O) groups is 1. The fraction of sp³-hybridized carbons (Fsp3) is 0.280. The Morgan fingerprint density at radius 2 is 2.09 bits per heavy atom. The number of nitrogens with zero attached hydrogens (tertiary/aromatic N) is 4. The second-order valence-corrected chi connectivity index (χ2v) is 8.34. The van der Waals surface area contributed by atoms with Crippen LogP contribution in [0.4, 0.5) is 0 Å². The maximum absolute atomic E-state index is 12.7. The third kappa shape index (κ3) is 4.17. The van der Waals surface area contributed by atoms with E-state index in [1.807, 2.05) is 12.1 Å². The minimum absolute atomic E-state index is 0.00543. The summed E-state index contributed by atoms with van der Waals surface area (Å²) in [5, 5.41) is 14.9. The molecule has 9 nitrogen and oxygen atoms in total. The number of rotatable bonds is 6. The Bertz CT molecular complexity index is 1410. The van der Waals surface area contributed by atoms with Gasteiger partial charge in [0.1, 0.15) is 5.76 Å². The molecule has 1 N–H and O–H groups in total. The summed E-state index contributed by atoms with van der Waals surface area (Å²) in [7, 11) is 1.29. The lowest BCUT2D eigenvalue weighted by molar-refractivity contribution is -0.140. The van der Waals surface area contributed by atoms with Crippen LogP contribution in [0, 0.1) is 0 Å². The van der Waals surface area contributed by atoms with Gasteiger partial charge in [-0.2, -0.15) is 5.10 Å². The molecule has 4 heterocycles. The minimum Gasteiger partial charge on any atom is -0.502 e. The zero-order valence-electron chi connectivity index (χ0n) is 18.7. The van der Waals surface area contributed by atoms with E-state index in [1.54, 1.807) is 29.2 Å². The molecule has 3 aromatic heterocycles. The van der Waals surface area contributed by atoms with Crippen LogP contribution in [0.15, 0.2) is 64.2 Å². The first-order chi connectivity index (χ1) is 16.5. The number of aromatic hydroxyl groups is 1. The smallest absolute Gasteiger partial charge is 0.306 e. The average molecular weight is 460 g/mol. The summed E-state index contributed by atoms with van der Waals surface area (Å²) in [5.74, 6) is -1.42. The topological polar surface area (TPSA) is 110 Å². The molecule has 0 spiro atoms. The first kappa shape index (κ1) is 21.8. The Morgan fingerprint density at radius 1 is 1.26 bits per heavy atom. The van der Waals surface area contributed by atoms with Gasteiger partial charge in [-0.3, -0.25) is 14.5 Å². The predicted molar refractivity (Wildman–Crippen MR) is 122 cm³/mol. The van der Waals surface area contributed by atoms with Gasteiger partial charge in [0.2, 0.25) is 11.2 Å². The van der Waals surface area contributed by atoms with E-state index in [-0.39, 0.29) is 12.2 Å². The number of ether oxygens (including phenoxy) is 1. The van der Waals surface area contributed by atoms with Gasteiger partial charge in [0, 0.05) is 37.1 Å². The van der Waals surface area contributed by atoms with Gasteiger partial charge in [-0.05, 0) is 23.6 Å². The molecule has 5 rings (SSSR count). The lowest BCUT2D eigenvalue weighted by Gasteiger charge is -2.28. The highest BCUT2D eigenvalue weighted by molar-refractivity contribution is 5.72. The van der Waals surface area contributed by atoms with E-state index in [0.717, 1.165) is 19.5 Å². The first-order valence-corrected chi connectivity index (χ1v) is 11.0. The third-order valence-corrected chi connectivity index (χ3v) is 6.19. The van der Waals surface area contributed by atoms with Crippen molar-refractivity contribution in [1.29, 1.82) is 0 Å². The molecule has 1 aliphatic heterocycles. The highest BCUT2D eigenvalue weighted by Crippen LogP contribution is 2.35. The highest BCUT2D eigenvalue weighted by atomic mass is 16.5. The molecule has 0 amide bonds. The molecular weight excluding hydrogens is 436 g/mol. The average Bonchev–Trinajstić information content (AvgIpc) is 3.28. The molecule has 9 heteroatoms. The van der Waals surface area contributed by atoms with Crippen molar-refractivity contribution in [2.45, 2.75) is 31.8 Å². The first-order valence-electron chi connectivity index (χ1n) is 11.0. The second-order valence-electron chi connectivity index (χ2n) is 8.34. The van der Waals surface area contributed by atoms with E-state index in [4.69, 9.17) is 9.15 Å². The number of hydrogen-bond acceptors (Lipinski definition) is 8. The SMILES string of the molecule is COC(=O)C[C@H](c1oc(CN2CCc3ccccc3C2)cc(=O)c1O)c1cnn2cccnc12. The molecule has 0 saturated carbocycles. The molecule has 174 valence electrons. The third-order valence-electron chi connectivity index (χ3n) is 6.19. The Kier molecular flexibility index (Phi) is 5.85. The highest BCUT2D eigenvalue weighted by Gasteiger charge is 2.30. The van der Waals surface area contributed by atoms with Crippen LogP contribution < -0.4 is 5.43 Å². The van der Waals surface area contributed by atoms with E-state index < -0.39 is 23.1 Å². The zero-order valence-corrected chi connectivity index (χ0v) is 18.7. The number of aromatic nitrogens is 3. The van der Waals surface area contributed by atoms with Gasteiger partial charge in [-0.15, -0.1) is 0 Å². The Balaban J connectivity index is 1.52. The number of hydrogen-bond donors (Lipinski definition) is 1. The van der Waals surface area contributed by atoms with Crippen LogP contribution in [0.5, 0.6) is 5.75 Å². The summed E-state index contributed by atoms with van der Waals surface area (Å²) in [5.41, 5.74) is 3.05. The lowest BCUT2D eigenvalue weighted by atomic mass is 9.94. The van der Waals surface area contributed by atoms with Crippen LogP contribution in [0.25, 0.3) is 5.65 Å². The van der Waals surface area contributed by atoms with Crippen LogP contribution in [-0.2, 0) is 29.0 Å². The molecule has 0 aliphatic carbocycles. The Hall–Kier alpha value is -3.98. The fourth-order valence-electron chi connectivity index (χ4n) is 4.46. The summed E-state index contributed by atoms with van der Waals surface area (Å²) in [6.07, 6.45) is 5.65. The predicted octanol–water partition coefficient (Wildman–Crippen LogP) is 2.64. The quantitative estimate of drug-likeness (QED) is 0.437. The number of methoxy groups -OCH3 is 1. The molecular formula is C25H24N4O5. The van der Waals surface area contributed by atoms with Crippen molar-refractivity contribution in [1.82, 2.24) is 19.5 Å². The van der Waals surface area contributed by atoms with E-state index in [0.29, 0.717) is 23.5 Å². The molecule has 4 aromatic rings. The van der Waals surface area contributed by atoms with E-state index in [1.165, 1.54) is 24.3 Å². The number of carbonyl (C=O) groups excluding carboxylic acids is 1. The summed E-state index contributed by atoms with van der Waals surface area (Å²) in [6.45, 7) is 1.95. The van der Waals surface area contributed by atoms with Gasteiger partial charge in [0.25, 0.3) is 0 Å². The number of esters is 1. The zero-order chi connectivity index (χ0) is 23.7. The van der Waals surface area contributed by atoms with Crippen molar-refractivity contribution in [2.24, 2.45) is 0 Å². The van der Waals surface area contributed by atoms with Crippen molar-refractivity contribution in [3.05, 3.63) is 93.4 Å². The largest absolute Gasteiger partial charge is 0.502 e. The standard InChI is InChI=1S/C25H24N4O5/c1-33-22(31)12-19(20-13-27-29-9-4-8-26-25(20)29)24-23(32)21(30)11-18(34-24)15-28-10-7-16-5-2-3-6-17(16)14-28/h2-6,8-9,11,13,19,32H,7,10,12,14-15H2,1H3/t19-/m0/s1. The van der Waals surface area contributed by atoms with Gasteiger partial charge >= 0.3 is 5.97 Å². The number of fused-ring (bicyclic) bond motifs is 2. The van der Waals surface area contributed by atoms with E-state index in [2.05, 4.69) is 27.1 Å². The monoisotopic (exact) mass is 460 g/mol. The van der Waals surface area contributed by atoms with Crippen LogP contribution in [0.1, 0.15) is 40.5 Å². The van der Waals surface area contributed by atoms with Crippen molar-refractivity contribution < 1.29 is 19.1 Å². The maximum Gasteiger partial charge on any atom is 0.306 e. The summed E-state index contributed by atoms with van der Waals surface area (Å²) in [6, 6.07) is 11.3. The van der Waals surface area contributed by atoms with Crippen LogP contribution in [0.3, 0.4) is 0 Å². The van der Waals surface area contributed by atoms with Crippen molar-refractivity contribution >= 4 is 11.6 Å². The summed E-state index contributed by atoms with van der Waals surface area (Å²) in [4.78, 5) is 31.5. The summed E-state index contributed by atoms with van der Waals surface area (Å²) < 4.78 is 12.5. The summed E-state index contributed by atoms with van der Waals surface area (Å²) >= 11 is 0. The molecule has 1 atom stereocenters. The molecule has 0 unspecified atom stereocenters. The molecule has 0 saturated heterocycles. The maximum atomic E-state index is 12.7. The van der Waals surface area contributed by atoms with Crippen LogP contribution in [-0.4, -0.2) is 44.2 Å². The molecule has 1 aromatic carbocycles. The molecule has 34 heavy (non-hydrogen) atoms. The van der Waals surface area contributed by atoms with Gasteiger partial charge in [-0.1, -0.05) is 24.3 Å². The second kappa shape index (κ2) is 9.11. The normalized spacial score (nSPS) is 14.6. The molecule has 1 aliphatic rings. The van der Waals surface area contributed by atoms with Crippen LogP contribution >= 0.6 is 0 Å². The van der Waals surface area contributed by atoms with Crippen LogP contribution in [0.2, 0.25) is 0 Å². The molecule has 0 fully saturated rings. The number of benzene rings is 1. The Labute approximate surface area is 195 Å². The molecule has 0 bridgehead atoms.